The van der Waals surface area contributed by atoms with E-state index >= 15 is 0 Å². The molecule has 3 atom stereocenters. The molecule has 2 rings (SSSR count). The number of aromatic nitrogens is 2. The molecule has 2 heterocycles. The molecule has 0 radical (unpaired) electrons. The van der Waals surface area contributed by atoms with Crippen LogP contribution in [-0.2, 0) is 6.54 Å². The minimum Gasteiger partial charge on any atom is -0.334 e. The van der Waals surface area contributed by atoms with Gasteiger partial charge >= 0.3 is 0 Å². The van der Waals surface area contributed by atoms with Gasteiger partial charge in [0, 0.05) is 40.9 Å². The Morgan fingerprint density at radius 3 is 2.84 bits per heavy atom. The van der Waals surface area contributed by atoms with Gasteiger partial charge in [0.1, 0.15) is 5.82 Å². The number of nitrogens with zero attached hydrogens (tertiary/aromatic N) is 2. The van der Waals surface area contributed by atoms with E-state index in [1.54, 1.807) is 0 Å². The molecule has 0 amide bonds. The number of aryl methyl sites for hydroxylation is 1. The van der Waals surface area contributed by atoms with Crippen LogP contribution in [0.25, 0.3) is 0 Å². The van der Waals surface area contributed by atoms with Gasteiger partial charge in [-0.25, -0.2) is 4.98 Å². The van der Waals surface area contributed by atoms with Crippen LogP contribution in [0.1, 0.15) is 39.1 Å². The lowest BCUT2D eigenvalue weighted by atomic mass is 10.1. The predicted molar refractivity (Wildman–Crippen MR) is 87.1 cm³/mol. The second kappa shape index (κ2) is 7.60. The van der Waals surface area contributed by atoms with E-state index in [1.807, 2.05) is 6.20 Å². The van der Waals surface area contributed by atoms with Gasteiger partial charge in [-0.05, 0) is 19.9 Å². The number of nitrogens with one attached hydrogen (secondary N) is 1. The van der Waals surface area contributed by atoms with Gasteiger partial charge in [0.05, 0.1) is 6.04 Å². The van der Waals surface area contributed by atoms with Crippen LogP contribution in [0.15, 0.2) is 12.4 Å². The molecule has 0 saturated carbocycles. The summed E-state index contributed by atoms with van der Waals surface area (Å²) in [5, 5.41) is 5.05. The number of hydrogen-bond donors (Lipinski definition) is 1. The third-order valence-electron chi connectivity index (χ3n) is 3.61. The van der Waals surface area contributed by atoms with Crippen molar-refractivity contribution in [3.63, 3.8) is 0 Å². The summed E-state index contributed by atoms with van der Waals surface area (Å²) < 4.78 is 2.28. The van der Waals surface area contributed by atoms with Crippen LogP contribution < -0.4 is 5.32 Å². The zero-order valence-electron chi connectivity index (χ0n) is 12.1. The Balaban J connectivity index is 2.23. The average molecular weight is 300 g/mol. The first kappa shape index (κ1) is 15.3. The molecule has 1 aliphatic rings. The van der Waals surface area contributed by atoms with E-state index in [1.165, 1.54) is 23.8 Å². The van der Waals surface area contributed by atoms with Gasteiger partial charge in [0.15, 0.2) is 0 Å². The second-order valence-electron chi connectivity index (χ2n) is 4.76. The first-order valence-corrected chi connectivity index (χ1v) is 9.39. The standard InChI is InChI=1S/C14H25N3S2/c1-4-11-13(19-10-9-18-11)12(15-5-2)14-16-7-8-17(14)6-3/h7-8,11-13,15H,4-6,9-10H2,1-3H3. The Bertz CT molecular complexity index is 381. The van der Waals surface area contributed by atoms with E-state index in [0.29, 0.717) is 11.3 Å². The monoisotopic (exact) mass is 299 g/mol. The number of rotatable bonds is 6. The smallest absolute Gasteiger partial charge is 0.127 e. The van der Waals surface area contributed by atoms with Crippen molar-refractivity contribution in [2.45, 2.75) is 50.3 Å². The summed E-state index contributed by atoms with van der Waals surface area (Å²) in [5.74, 6) is 3.77. The van der Waals surface area contributed by atoms with Crippen LogP contribution in [0.4, 0.5) is 0 Å². The molecule has 19 heavy (non-hydrogen) atoms. The van der Waals surface area contributed by atoms with Crippen LogP contribution in [0.3, 0.4) is 0 Å². The van der Waals surface area contributed by atoms with E-state index in [4.69, 9.17) is 0 Å². The van der Waals surface area contributed by atoms with Crippen molar-refractivity contribution in [2.24, 2.45) is 0 Å². The minimum absolute atomic E-state index is 0.378. The maximum atomic E-state index is 4.63. The normalized spacial score (nSPS) is 25.4. The van der Waals surface area contributed by atoms with Gasteiger partial charge in [-0.15, -0.1) is 0 Å². The Kier molecular flexibility index (Phi) is 6.10. The predicted octanol–water partition coefficient (Wildman–Crippen LogP) is 3.18. The summed E-state index contributed by atoms with van der Waals surface area (Å²) in [7, 11) is 0. The zero-order chi connectivity index (χ0) is 13.7. The van der Waals surface area contributed by atoms with Crippen LogP contribution in [-0.4, -0.2) is 38.1 Å². The SMILES string of the molecule is CCNC(c1nccn1CC)C1SCCSC1CC. The molecule has 1 aliphatic heterocycles. The molecule has 1 fully saturated rings. The van der Waals surface area contributed by atoms with Gasteiger partial charge in [-0.2, -0.15) is 23.5 Å². The average Bonchev–Trinajstić information content (AvgIpc) is 2.93. The lowest BCUT2D eigenvalue weighted by Gasteiger charge is -2.36. The summed E-state index contributed by atoms with van der Waals surface area (Å²) in [6, 6.07) is 0.378. The van der Waals surface area contributed by atoms with Crippen molar-refractivity contribution in [3.05, 3.63) is 18.2 Å². The summed E-state index contributed by atoms with van der Waals surface area (Å²) in [5.41, 5.74) is 0. The van der Waals surface area contributed by atoms with E-state index in [9.17, 15) is 0 Å². The molecule has 0 bridgehead atoms. The third-order valence-corrected chi connectivity index (χ3v) is 6.96. The molecule has 108 valence electrons. The van der Waals surface area contributed by atoms with Gasteiger partial charge < -0.3 is 9.88 Å². The van der Waals surface area contributed by atoms with Crippen molar-refractivity contribution in [2.75, 3.05) is 18.1 Å². The minimum atomic E-state index is 0.378. The maximum Gasteiger partial charge on any atom is 0.127 e. The van der Waals surface area contributed by atoms with Crippen molar-refractivity contribution >= 4 is 23.5 Å². The molecule has 0 aromatic carbocycles. The largest absolute Gasteiger partial charge is 0.334 e. The van der Waals surface area contributed by atoms with Gasteiger partial charge in [-0.1, -0.05) is 13.8 Å². The van der Waals surface area contributed by atoms with Crippen LogP contribution in [0, 0.1) is 0 Å². The fraction of sp³-hybridized carbons (Fsp3) is 0.786. The first-order valence-electron chi connectivity index (χ1n) is 7.29. The number of imidazole rings is 1. The molecule has 3 unspecified atom stereocenters. The molecule has 0 aliphatic carbocycles. The molecular formula is C14H25N3S2. The number of thioether (sulfide) groups is 2. The molecule has 1 aromatic rings. The lowest BCUT2D eigenvalue weighted by Crippen LogP contribution is -2.40. The zero-order valence-corrected chi connectivity index (χ0v) is 13.8. The highest BCUT2D eigenvalue weighted by atomic mass is 32.2. The third kappa shape index (κ3) is 3.50. The second-order valence-corrected chi connectivity index (χ2v) is 7.39. The van der Waals surface area contributed by atoms with Gasteiger partial charge in [0.25, 0.3) is 0 Å². The Morgan fingerprint density at radius 1 is 1.37 bits per heavy atom. The Labute approximate surface area is 125 Å². The quantitative estimate of drug-likeness (QED) is 0.874. The van der Waals surface area contributed by atoms with Crippen LogP contribution >= 0.6 is 23.5 Å². The van der Waals surface area contributed by atoms with E-state index in [2.05, 4.69) is 65.4 Å². The topological polar surface area (TPSA) is 29.9 Å². The molecule has 1 aromatic heterocycles. The highest BCUT2D eigenvalue weighted by molar-refractivity contribution is 8.07. The molecule has 1 N–H and O–H groups in total. The molecule has 0 spiro atoms. The van der Waals surface area contributed by atoms with Crippen molar-refractivity contribution < 1.29 is 0 Å². The van der Waals surface area contributed by atoms with Gasteiger partial charge in [0.2, 0.25) is 0 Å². The van der Waals surface area contributed by atoms with E-state index in [-0.39, 0.29) is 0 Å². The van der Waals surface area contributed by atoms with Crippen LogP contribution in [0.5, 0.6) is 0 Å². The maximum absolute atomic E-state index is 4.63. The molecule has 5 heteroatoms. The fourth-order valence-electron chi connectivity index (χ4n) is 2.69. The summed E-state index contributed by atoms with van der Waals surface area (Å²) in [6.07, 6.45) is 5.28. The summed E-state index contributed by atoms with van der Waals surface area (Å²) in [4.78, 5) is 4.63. The fourth-order valence-corrected chi connectivity index (χ4v) is 5.90. The van der Waals surface area contributed by atoms with E-state index in [0.717, 1.165) is 18.3 Å². The number of hydrogen-bond acceptors (Lipinski definition) is 4. The van der Waals surface area contributed by atoms with Crippen molar-refractivity contribution in [3.8, 4) is 0 Å². The van der Waals surface area contributed by atoms with E-state index < -0.39 is 0 Å². The Morgan fingerprint density at radius 2 is 2.16 bits per heavy atom. The summed E-state index contributed by atoms with van der Waals surface area (Å²) >= 11 is 4.26. The highest BCUT2D eigenvalue weighted by Gasteiger charge is 2.34. The Hall–Kier alpha value is -0.130. The molecule has 3 nitrogen and oxygen atoms in total. The van der Waals surface area contributed by atoms with Crippen molar-refractivity contribution in [1.82, 2.24) is 14.9 Å². The first-order chi connectivity index (χ1) is 9.31. The van der Waals surface area contributed by atoms with Crippen LogP contribution in [0.2, 0.25) is 0 Å². The van der Waals surface area contributed by atoms with Crippen molar-refractivity contribution in [1.29, 1.82) is 0 Å². The summed E-state index contributed by atoms with van der Waals surface area (Å²) in [6.45, 7) is 8.69. The molecular weight excluding hydrogens is 274 g/mol. The highest BCUT2D eigenvalue weighted by Crippen LogP contribution is 2.39. The molecule has 1 saturated heterocycles. The van der Waals surface area contributed by atoms with Gasteiger partial charge in [-0.3, -0.25) is 0 Å². The lowest BCUT2D eigenvalue weighted by molar-refractivity contribution is 0.469.